The van der Waals surface area contributed by atoms with Gasteiger partial charge in [0, 0.05) is 24.4 Å². The number of amides is 2. The van der Waals surface area contributed by atoms with Gasteiger partial charge in [-0.1, -0.05) is 69.3 Å². The van der Waals surface area contributed by atoms with Gasteiger partial charge in [-0.3, -0.25) is 9.59 Å². The molecule has 0 aliphatic heterocycles. The molecule has 2 aromatic rings. The van der Waals surface area contributed by atoms with Gasteiger partial charge in [0.15, 0.2) is 0 Å². The van der Waals surface area contributed by atoms with E-state index in [-0.39, 0.29) is 43.2 Å². The first-order valence-electron chi connectivity index (χ1n) is 11.9. The number of carbonyl (C=O) groups is 3. The van der Waals surface area contributed by atoms with Crippen LogP contribution in [0.2, 0.25) is 0 Å². The molecule has 1 aliphatic rings. The van der Waals surface area contributed by atoms with Crippen LogP contribution >= 0.6 is 0 Å². The highest BCUT2D eigenvalue weighted by Gasteiger charge is 2.29. The topological polar surface area (TPSA) is 105 Å². The third-order valence-electron chi connectivity index (χ3n) is 6.42. The average Bonchev–Trinajstić information content (AvgIpc) is 3.13. The zero-order valence-electron chi connectivity index (χ0n) is 20.0. The summed E-state index contributed by atoms with van der Waals surface area (Å²) >= 11 is 0. The first kappa shape index (κ1) is 25.3. The Hall–Kier alpha value is -3.35. The summed E-state index contributed by atoms with van der Waals surface area (Å²) < 4.78 is 5.60. The quantitative estimate of drug-likeness (QED) is 0.445. The van der Waals surface area contributed by atoms with Crippen molar-refractivity contribution in [1.82, 2.24) is 10.6 Å². The van der Waals surface area contributed by atoms with Crippen LogP contribution < -0.4 is 10.6 Å². The lowest BCUT2D eigenvalue weighted by Gasteiger charge is -2.22. The minimum absolute atomic E-state index is 0.00814. The maximum Gasteiger partial charge on any atom is 0.407 e. The molecule has 0 radical (unpaired) electrons. The van der Waals surface area contributed by atoms with Crippen LogP contribution in [-0.4, -0.2) is 41.8 Å². The summed E-state index contributed by atoms with van der Waals surface area (Å²) in [5, 5.41) is 14.7. The number of nitrogens with one attached hydrogen (secondary N) is 2. The number of alkyl carbamates (subject to hydrolysis) is 1. The summed E-state index contributed by atoms with van der Waals surface area (Å²) in [5.41, 5.74) is 4.65. The van der Waals surface area contributed by atoms with Gasteiger partial charge in [0.1, 0.15) is 6.61 Å². The molecular weight excluding hydrogens is 432 g/mol. The summed E-state index contributed by atoms with van der Waals surface area (Å²) in [6, 6.07) is 15.7. The minimum atomic E-state index is -0.942. The van der Waals surface area contributed by atoms with Crippen LogP contribution in [0.4, 0.5) is 4.79 Å². The Morgan fingerprint density at radius 2 is 1.56 bits per heavy atom. The first-order chi connectivity index (χ1) is 16.3. The van der Waals surface area contributed by atoms with Gasteiger partial charge in [-0.2, -0.15) is 0 Å². The van der Waals surface area contributed by atoms with Gasteiger partial charge < -0.3 is 20.5 Å². The zero-order valence-corrected chi connectivity index (χ0v) is 20.0. The van der Waals surface area contributed by atoms with E-state index >= 15 is 0 Å². The molecule has 7 heteroatoms. The number of hydrogen-bond donors (Lipinski definition) is 3. The lowest BCUT2D eigenvalue weighted by atomic mass is 9.98. The molecule has 34 heavy (non-hydrogen) atoms. The minimum Gasteiger partial charge on any atom is -0.481 e. The number of ether oxygens (including phenoxy) is 1. The molecule has 3 rings (SSSR count). The monoisotopic (exact) mass is 466 g/mol. The number of carboxylic acid groups (broad SMARTS) is 1. The fourth-order valence-electron chi connectivity index (χ4n) is 4.41. The highest BCUT2D eigenvalue weighted by Crippen LogP contribution is 2.44. The SMILES string of the molecule is CCC(CCC(=O)N[C@@H](CC(=O)O)C(C)C)NC(=O)OCC1c2ccccc2-c2ccccc21. The molecule has 182 valence electrons. The van der Waals surface area contributed by atoms with Crippen LogP contribution in [0.15, 0.2) is 48.5 Å². The molecule has 1 aliphatic carbocycles. The van der Waals surface area contributed by atoms with E-state index in [1.165, 1.54) is 11.1 Å². The number of aliphatic carboxylic acids is 1. The van der Waals surface area contributed by atoms with Crippen molar-refractivity contribution < 1.29 is 24.2 Å². The number of carboxylic acids is 1. The summed E-state index contributed by atoms with van der Waals surface area (Å²) in [6.07, 6.45) is 0.689. The number of carbonyl (C=O) groups excluding carboxylic acids is 2. The molecule has 2 atom stereocenters. The maximum absolute atomic E-state index is 12.5. The van der Waals surface area contributed by atoms with E-state index in [4.69, 9.17) is 9.84 Å². The van der Waals surface area contributed by atoms with Gasteiger partial charge in [0.2, 0.25) is 5.91 Å². The average molecular weight is 467 g/mol. The van der Waals surface area contributed by atoms with Crippen molar-refractivity contribution in [3.8, 4) is 11.1 Å². The van der Waals surface area contributed by atoms with E-state index in [0.717, 1.165) is 11.1 Å². The summed E-state index contributed by atoms with van der Waals surface area (Å²) in [4.78, 5) is 35.9. The molecule has 0 fully saturated rings. The molecule has 0 saturated heterocycles. The standard InChI is InChI=1S/C27H34N2O5/c1-4-18(13-14-25(30)29-24(17(2)3)15-26(31)32)28-27(33)34-16-23-21-11-7-5-9-19(21)20-10-6-8-12-22(20)23/h5-12,17-18,23-24H,4,13-16H2,1-3H3,(H,28,33)(H,29,30)(H,31,32)/t18?,24-/m0/s1. The first-order valence-corrected chi connectivity index (χ1v) is 11.9. The van der Waals surface area contributed by atoms with E-state index in [1.54, 1.807) is 0 Å². The fraction of sp³-hybridized carbons (Fsp3) is 0.444. The normalized spacial score (nSPS) is 14.1. The fourth-order valence-corrected chi connectivity index (χ4v) is 4.41. The Kier molecular flexibility index (Phi) is 8.68. The lowest BCUT2D eigenvalue weighted by Crippen LogP contribution is -2.41. The molecule has 0 bridgehead atoms. The molecule has 0 spiro atoms. The van der Waals surface area contributed by atoms with Crippen LogP contribution in [0.3, 0.4) is 0 Å². The molecule has 7 nitrogen and oxygen atoms in total. The molecule has 0 saturated carbocycles. The third-order valence-corrected chi connectivity index (χ3v) is 6.42. The number of fused-ring (bicyclic) bond motifs is 3. The number of rotatable bonds is 11. The number of hydrogen-bond acceptors (Lipinski definition) is 4. The second-order valence-electron chi connectivity index (χ2n) is 9.13. The predicted molar refractivity (Wildman–Crippen MR) is 131 cm³/mol. The molecule has 2 aromatic carbocycles. The number of benzene rings is 2. The Balaban J connectivity index is 1.50. The van der Waals surface area contributed by atoms with Gasteiger partial charge in [-0.25, -0.2) is 4.79 Å². The van der Waals surface area contributed by atoms with Crippen LogP contribution in [0.25, 0.3) is 11.1 Å². The van der Waals surface area contributed by atoms with E-state index in [9.17, 15) is 14.4 Å². The Labute approximate surface area is 200 Å². The zero-order chi connectivity index (χ0) is 24.7. The van der Waals surface area contributed by atoms with E-state index in [1.807, 2.05) is 45.0 Å². The maximum atomic E-state index is 12.5. The Bertz CT molecular complexity index is 974. The van der Waals surface area contributed by atoms with Crippen LogP contribution in [0, 0.1) is 5.92 Å². The molecule has 1 unspecified atom stereocenters. The second-order valence-corrected chi connectivity index (χ2v) is 9.13. The van der Waals surface area contributed by atoms with Gasteiger partial charge in [0.25, 0.3) is 0 Å². The van der Waals surface area contributed by atoms with Crippen molar-refractivity contribution in [1.29, 1.82) is 0 Å². The Morgan fingerprint density at radius 3 is 2.09 bits per heavy atom. The predicted octanol–water partition coefficient (Wildman–Crippen LogP) is 4.70. The summed E-state index contributed by atoms with van der Waals surface area (Å²) in [7, 11) is 0. The van der Waals surface area contributed by atoms with Crippen molar-refractivity contribution in [2.24, 2.45) is 5.92 Å². The van der Waals surface area contributed by atoms with E-state index in [0.29, 0.717) is 12.8 Å². The van der Waals surface area contributed by atoms with Gasteiger partial charge in [0.05, 0.1) is 6.42 Å². The van der Waals surface area contributed by atoms with Gasteiger partial charge >= 0.3 is 12.1 Å². The van der Waals surface area contributed by atoms with Crippen LogP contribution in [0.5, 0.6) is 0 Å². The van der Waals surface area contributed by atoms with Crippen molar-refractivity contribution >= 4 is 18.0 Å². The van der Waals surface area contributed by atoms with Gasteiger partial charge in [-0.15, -0.1) is 0 Å². The summed E-state index contributed by atoms with van der Waals surface area (Å²) in [6.45, 7) is 5.93. The lowest BCUT2D eigenvalue weighted by molar-refractivity contribution is -0.138. The molecule has 0 heterocycles. The molecule has 3 N–H and O–H groups in total. The summed E-state index contributed by atoms with van der Waals surface area (Å²) in [5.74, 6) is -1.15. The third kappa shape index (κ3) is 6.37. The second kappa shape index (κ2) is 11.7. The molecule has 2 amide bonds. The largest absolute Gasteiger partial charge is 0.481 e. The van der Waals surface area contributed by atoms with Crippen molar-refractivity contribution in [2.45, 2.75) is 64.5 Å². The Morgan fingerprint density at radius 1 is 0.971 bits per heavy atom. The molecular formula is C27H34N2O5. The van der Waals surface area contributed by atoms with Crippen molar-refractivity contribution in [3.05, 3.63) is 59.7 Å². The highest BCUT2D eigenvalue weighted by atomic mass is 16.5. The van der Waals surface area contributed by atoms with Gasteiger partial charge in [-0.05, 0) is 41.0 Å². The van der Waals surface area contributed by atoms with E-state index in [2.05, 4.69) is 34.9 Å². The van der Waals surface area contributed by atoms with Crippen LogP contribution in [-0.2, 0) is 14.3 Å². The molecule has 0 aromatic heterocycles. The van der Waals surface area contributed by atoms with Crippen molar-refractivity contribution in [2.75, 3.05) is 6.61 Å². The van der Waals surface area contributed by atoms with E-state index < -0.39 is 18.1 Å². The smallest absolute Gasteiger partial charge is 0.407 e. The van der Waals surface area contributed by atoms with Crippen molar-refractivity contribution in [3.63, 3.8) is 0 Å². The highest BCUT2D eigenvalue weighted by molar-refractivity contribution is 5.79. The van der Waals surface area contributed by atoms with Crippen LogP contribution in [0.1, 0.15) is 63.5 Å².